The van der Waals surface area contributed by atoms with E-state index >= 15 is 0 Å². The fourth-order valence-electron chi connectivity index (χ4n) is 3.64. The average molecular weight is 264 g/mol. The van der Waals surface area contributed by atoms with E-state index in [2.05, 4.69) is 62.4 Å². The van der Waals surface area contributed by atoms with Crippen LogP contribution in [0.5, 0.6) is 0 Å². The Kier molecular flexibility index (Phi) is 3.65. The lowest BCUT2D eigenvalue weighted by molar-refractivity contribution is 0.346. The van der Waals surface area contributed by atoms with Gasteiger partial charge >= 0.3 is 0 Å². The highest BCUT2D eigenvalue weighted by Crippen LogP contribution is 2.44. The van der Waals surface area contributed by atoms with E-state index in [0.717, 1.165) is 0 Å². The second-order valence-corrected chi connectivity index (χ2v) is 6.37. The minimum absolute atomic E-state index is 0.250. The quantitative estimate of drug-likeness (QED) is 0.666. The summed E-state index contributed by atoms with van der Waals surface area (Å²) < 4.78 is 0. The lowest BCUT2D eigenvalue weighted by Crippen LogP contribution is -2.30. The van der Waals surface area contributed by atoms with Crippen molar-refractivity contribution in [2.45, 2.75) is 51.4 Å². The van der Waals surface area contributed by atoms with Gasteiger partial charge in [0.2, 0.25) is 0 Å². The van der Waals surface area contributed by atoms with Crippen molar-refractivity contribution in [1.82, 2.24) is 0 Å². The third-order valence-corrected chi connectivity index (χ3v) is 4.92. The molecule has 1 aliphatic carbocycles. The van der Waals surface area contributed by atoms with Crippen molar-refractivity contribution in [2.75, 3.05) is 0 Å². The summed E-state index contributed by atoms with van der Waals surface area (Å²) in [7, 11) is 0. The molecular formula is C20H24. The van der Waals surface area contributed by atoms with E-state index in [-0.39, 0.29) is 5.41 Å². The molecule has 0 bridgehead atoms. The summed E-state index contributed by atoms with van der Waals surface area (Å²) >= 11 is 0. The van der Waals surface area contributed by atoms with Gasteiger partial charge in [-0.3, -0.25) is 0 Å². The van der Waals surface area contributed by atoms with Gasteiger partial charge in [0.05, 0.1) is 0 Å². The molecule has 3 rings (SSSR count). The summed E-state index contributed by atoms with van der Waals surface area (Å²) in [5.74, 6) is 0. The minimum atomic E-state index is 0.250. The van der Waals surface area contributed by atoms with Crippen LogP contribution < -0.4 is 0 Å². The first kappa shape index (κ1) is 13.4. The van der Waals surface area contributed by atoms with Crippen molar-refractivity contribution in [3.05, 3.63) is 70.8 Å². The van der Waals surface area contributed by atoms with Crippen LogP contribution in [0.3, 0.4) is 0 Å². The largest absolute Gasteiger partial charge is 0.0590 e. The van der Waals surface area contributed by atoms with Gasteiger partial charge in [-0.05, 0) is 37.8 Å². The number of hydrogen-bond acceptors (Lipinski definition) is 0. The van der Waals surface area contributed by atoms with Crippen molar-refractivity contribution >= 4 is 0 Å². The maximum atomic E-state index is 2.35. The van der Waals surface area contributed by atoms with Crippen molar-refractivity contribution in [2.24, 2.45) is 0 Å². The highest BCUT2D eigenvalue weighted by atomic mass is 14.4. The number of aryl methyl sites for hydroxylation is 2. The molecule has 1 saturated carbocycles. The molecular weight excluding hydrogens is 240 g/mol. The molecule has 1 fully saturated rings. The fourth-order valence-corrected chi connectivity index (χ4v) is 3.64. The van der Waals surface area contributed by atoms with Crippen molar-refractivity contribution in [3.63, 3.8) is 0 Å². The summed E-state index contributed by atoms with van der Waals surface area (Å²) in [4.78, 5) is 0. The van der Waals surface area contributed by atoms with E-state index < -0.39 is 0 Å². The van der Waals surface area contributed by atoms with Crippen LogP contribution in [0.1, 0.15) is 54.4 Å². The van der Waals surface area contributed by atoms with Crippen LogP contribution in [0.15, 0.2) is 48.5 Å². The van der Waals surface area contributed by atoms with Crippen LogP contribution in [-0.2, 0) is 5.41 Å². The Balaban J connectivity index is 2.08. The van der Waals surface area contributed by atoms with Gasteiger partial charge in [-0.15, -0.1) is 0 Å². The Hall–Kier alpha value is -1.56. The Morgan fingerprint density at radius 1 is 0.600 bits per heavy atom. The molecule has 0 unspecified atom stereocenters. The standard InChI is InChI=1S/C20H24/c1-16-6-10-18(11-7-16)20(14-4-3-5-15-20)19-12-8-17(2)9-13-19/h6-13H,3-5,14-15H2,1-2H3. The van der Waals surface area contributed by atoms with Crippen LogP contribution >= 0.6 is 0 Å². The van der Waals surface area contributed by atoms with Gasteiger partial charge in [-0.2, -0.15) is 0 Å². The van der Waals surface area contributed by atoms with Crippen LogP contribution in [0.4, 0.5) is 0 Å². The van der Waals surface area contributed by atoms with Crippen LogP contribution in [0.2, 0.25) is 0 Å². The highest BCUT2D eigenvalue weighted by molar-refractivity contribution is 5.41. The number of benzene rings is 2. The highest BCUT2D eigenvalue weighted by Gasteiger charge is 2.35. The van der Waals surface area contributed by atoms with Gasteiger partial charge in [-0.1, -0.05) is 78.9 Å². The average Bonchev–Trinajstić information content (AvgIpc) is 2.49. The molecule has 20 heavy (non-hydrogen) atoms. The van der Waals surface area contributed by atoms with Crippen molar-refractivity contribution in [3.8, 4) is 0 Å². The molecule has 0 heterocycles. The van der Waals surface area contributed by atoms with E-state index in [1.54, 1.807) is 0 Å². The summed E-state index contributed by atoms with van der Waals surface area (Å²) in [5, 5.41) is 0. The van der Waals surface area contributed by atoms with Gasteiger partial charge in [0.25, 0.3) is 0 Å². The molecule has 104 valence electrons. The Morgan fingerprint density at radius 3 is 1.40 bits per heavy atom. The van der Waals surface area contributed by atoms with Gasteiger partial charge in [0.15, 0.2) is 0 Å². The maximum Gasteiger partial charge on any atom is 0.0202 e. The summed E-state index contributed by atoms with van der Waals surface area (Å²) in [6.45, 7) is 4.34. The molecule has 0 amide bonds. The van der Waals surface area contributed by atoms with Gasteiger partial charge in [-0.25, -0.2) is 0 Å². The molecule has 0 saturated heterocycles. The Bertz CT molecular complexity index is 506. The Labute approximate surface area is 122 Å². The molecule has 0 heteroatoms. The summed E-state index contributed by atoms with van der Waals surface area (Å²) in [5.41, 5.74) is 5.96. The molecule has 2 aromatic carbocycles. The molecule has 0 aromatic heterocycles. The van der Waals surface area contributed by atoms with Gasteiger partial charge in [0, 0.05) is 5.41 Å². The van der Waals surface area contributed by atoms with E-state index in [1.165, 1.54) is 54.4 Å². The zero-order valence-electron chi connectivity index (χ0n) is 12.7. The van der Waals surface area contributed by atoms with E-state index in [1.807, 2.05) is 0 Å². The molecule has 1 aliphatic rings. The topological polar surface area (TPSA) is 0 Å². The third kappa shape index (κ3) is 2.40. The zero-order valence-corrected chi connectivity index (χ0v) is 12.7. The van der Waals surface area contributed by atoms with Gasteiger partial charge in [0.1, 0.15) is 0 Å². The maximum absolute atomic E-state index is 2.35. The third-order valence-electron chi connectivity index (χ3n) is 4.92. The predicted molar refractivity (Wildman–Crippen MR) is 86.2 cm³/mol. The lowest BCUT2D eigenvalue weighted by atomic mass is 9.65. The van der Waals surface area contributed by atoms with Crippen LogP contribution in [0.25, 0.3) is 0 Å². The molecule has 0 N–H and O–H groups in total. The first-order valence-electron chi connectivity index (χ1n) is 7.85. The van der Waals surface area contributed by atoms with E-state index in [0.29, 0.717) is 0 Å². The predicted octanol–water partition coefficient (Wildman–Crippen LogP) is 5.55. The van der Waals surface area contributed by atoms with Crippen molar-refractivity contribution in [1.29, 1.82) is 0 Å². The summed E-state index contributed by atoms with van der Waals surface area (Å²) in [6.07, 6.45) is 6.67. The van der Waals surface area contributed by atoms with Crippen LogP contribution in [-0.4, -0.2) is 0 Å². The molecule has 0 atom stereocenters. The first-order chi connectivity index (χ1) is 9.71. The summed E-state index contributed by atoms with van der Waals surface area (Å²) in [6, 6.07) is 18.4. The molecule has 0 aliphatic heterocycles. The van der Waals surface area contributed by atoms with E-state index in [9.17, 15) is 0 Å². The van der Waals surface area contributed by atoms with Crippen molar-refractivity contribution < 1.29 is 0 Å². The zero-order chi connectivity index (χ0) is 14.0. The molecule has 0 nitrogen and oxygen atoms in total. The number of rotatable bonds is 2. The smallest absolute Gasteiger partial charge is 0.0202 e. The Morgan fingerprint density at radius 2 is 1.00 bits per heavy atom. The second-order valence-electron chi connectivity index (χ2n) is 6.37. The van der Waals surface area contributed by atoms with Crippen LogP contribution in [0, 0.1) is 13.8 Å². The lowest BCUT2D eigenvalue weighted by Gasteiger charge is -2.38. The molecule has 0 radical (unpaired) electrons. The molecule has 0 spiro atoms. The second kappa shape index (κ2) is 5.44. The van der Waals surface area contributed by atoms with Gasteiger partial charge < -0.3 is 0 Å². The fraction of sp³-hybridized carbons (Fsp3) is 0.400. The van der Waals surface area contributed by atoms with E-state index in [4.69, 9.17) is 0 Å². The number of hydrogen-bond donors (Lipinski definition) is 0. The minimum Gasteiger partial charge on any atom is -0.0590 e. The monoisotopic (exact) mass is 264 g/mol. The molecule has 2 aromatic rings. The SMILES string of the molecule is Cc1ccc(C2(c3ccc(C)cc3)CCCCC2)cc1. The first-order valence-corrected chi connectivity index (χ1v) is 7.85. The normalized spacial score (nSPS) is 17.9.